The maximum atomic E-state index is 2.64. The zero-order chi connectivity index (χ0) is 20.7. The van der Waals surface area contributed by atoms with Gasteiger partial charge in [-0.05, 0) is 0 Å². The monoisotopic (exact) mass is 486 g/mol. The number of benzene rings is 2. The van der Waals surface area contributed by atoms with Crippen LogP contribution in [-0.4, -0.2) is 0 Å². The van der Waals surface area contributed by atoms with Crippen molar-refractivity contribution in [1.29, 1.82) is 0 Å². The number of fused-ring (bicyclic) bond motifs is 3. The molecule has 2 saturated carbocycles. The van der Waals surface area contributed by atoms with Crippen LogP contribution in [0.15, 0.2) is 70.0 Å². The van der Waals surface area contributed by atoms with Crippen molar-refractivity contribution in [3.63, 3.8) is 0 Å². The molecule has 1 heteroatoms. The molecule has 0 aromatic heterocycles. The molecule has 31 heavy (non-hydrogen) atoms. The molecular weight excluding hydrogens is 452 g/mol. The quantitative estimate of drug-likeness (QED) is 0.403. The van der Waals surface area contributed by atoms with Gasteiger partial charge in [0.2, 0.25) is 0 Å². The predicted molar refractivity (Wildman–Crippen MR) is 129 cm³/mol. The molecular formula is C30H36Zr. The standard InChI is InChI=1S/C13H9.2C6H11.C5H5.Zr/c1-3-7-12-10(5-1)9-11-6-2-4-8-13(11)12;2*1-2-4-6-5-3-1;1-2-4-5-3-1;/h1-9H;2*1H,2-6H2;1-3H,4H2;. The van der Waals surface area contributed by atoms with E-state index in [1.807, 2.05) is 3.28 Å². The maximum absolute atomic E-state index is 2.92. The second-order valence-electron chi connectivity index (χ2n) is 10.5. The van der Waals surface area contributed by atoms with Crippen LogP contribution in [0.25, 0.3) is 11.1 Å². The van der Waals surface area contributed by atoms with Gasteiger partial charge in [0.25, 0.3) is 0 Å². The van der Waals surface area contributed by atoms with Crippen LogP contribution in [0.4, 0.5) is 0 Å². The van der Waals surface area contributed by atoms with Crippen LogP contribution in [0.5, 0.6) is 0 Å². The number of hydrogen-bond acceptors (Lipinski definition) is 0. The molecule has 0 N–H and O–H groups in total. The van der Waals surface area contributed by atoms with Crippen molar-refractivity contribution < 1.29 is 20.3 Å². The third-order valence-electron chi connectivity index (χ3n) is 9.20. The average molecular weight is 488 g/mol. The van der Waals surface area contributed by atoms with E-state index >= 15 is 0 Å². The van der Waals surface area contributed by atoms with Crippen LogP contribution in [0.2, 0.25) is 7.25 Å². The second-order valence-corrected chi connectivity index (χ2v) is 22.1. The summed E-state index contributed by atoms with van der Waals surface area (Å²) in [7, 11) is 0. The Morgan fingerprint density at radius 3 is 1.61 bits per heavy atom. The van der Waals surface area contributed by atoms with Gasteiger partial charge >= 0.3 is 194 Å². The van der Waals surface area contributed by atoms with Crippen molar-refractivity contribution in [2.75, 3.05) is 0 Å². The Balaban J connectivity index is 1.62. The van der Waals surface area contributed by atoms with Crippen LogP contribution in [0.1, 0.15) is 85.4 Å². The summed E-state index contributed by atoms with van der Waals surface area (Å²) >= 11 is -2.92. The summed E-state index contributed by atoms with van der Waals surface area (Å²) in [4.78, 5) is 0. The van der Waals surface area contributed by atoms with E-state index in [4.69, 9.17) is 0 Å². The first-order valence-corrected chi connectivity index (χ1v) is 18.4. The van der Waals surface area contributed by atoms with Crippen molar-refractivity contribution in [2.24, 2.45) is 0 Å². The molecule has 2 aromatic carbocycles. The Bertz CT molecular complexity index is 937. The van der Waals surface area contributed by atoms with E-state index in [1.54, 1.807) is 22.3 Å². The van der Waals surface area contributed by atoms with Crippen LogP contribution in [-0.2, 0) is 20.3 Å². The first-order chi connectivity index (χ1) is 15.4. The summed E-state index contributed by atoms with van der Waals surface area (Å²) in [6.07, 6.45) is 23.7. The molecule has 0 unspecified atom stereocenters. The summed E-state index contributed by atoms with van der Waals surface area (Å²) in [5.41, 5.74) is 6.54. The van der Waals surface area contributed by atoms with Gasteiger partial charge < -0.3 is 0 Å². The molecule has 0 spiro atoms. The number of hydrogen-bond donors (Lipinski definition) is 0. The number of rotatable bonds is 4. The van der Waals surface area contributed by atoms with E-state index in [9.17, 15) is 0 Å². The van der Waals surface area contributed by atoms with E-state index in [0.717, 1.165) is 10.9 Å². The van der Waals surface area contributed by atoms with Gasteiger partial charge in [0.1, 0.15) is 0 Å². The summed E-state index contributed by atoms with van der Waals surface area (Å²) in [6.45, 7) is 0. The van der Waals surface area contributed by atoms with Crippen LogP contribution < -0.4 is 0 Å². The molecule has 0 atom stereocenters. The minimum atomic E-state index is -2.92. The van der Waals surface area contributed by atoms with E-state index < -0.39 is 20.3 Å². The third kappa shape index (κ3) is 3.25. The van der Waals surface area contributed by atoms with Crippen molar-refractivity contribution in [3.05, 3.63) is 81.2 Å². The van der Waals surface area contributed by atoms with Crippen molar-refractivity contribution >= 4 is 0 Å². The summed E-state index contributed by atoms with van der Waals surface area (Å²) < 4.78 is 4.77. The van der Waals surface area contributed by atoms with Crippen LogP contribution in [0.3, 0.4) is 0 Å². The van der Waals surface area contributed by atoms with Gasteiger partial charge in [-0.1, -0.05) is 0 Å². The van der Waals surface area contributed by atoms with E-state index in [2.05, 4.69) is 66.8 Å². The van der Waals surface area contributed by atoms with Gasteiger partial charge in [0.15, 0.2) is 0 Å². The van der Waals surface area contributed by atoms with Crippen molar-refractivity contribution in [1.82, 2.24) is 0 Å². The normalized spacial score (nSPS) is 22.4. The summed E-state index contributed by atoms with van der Waals surface area (Å²) in [5, 5.41) is 0. The molecule has 0 bridgehead atoms. The molecule has 0 aliphatic heterocycles. The van der Waals surface area contributed by atoms with Crippen LogP contribution >= 0.6 is 0 Å². The molecule has 160 valence electrons. The van der Waals surface area contributed by atoms with Gasteiger partial charge in [-0.2, -0.15) is 0 Å². The molecule has 4 aliphatic carbocycles. The van der Waals surface area contributed by atoms with Gasteiger partial charge in [0, 0.05) is 0 Å². The fourth-order valence-electron chi connectivity index (χ4n) is 8.11. The first-order valence-electron chi connectivity index (χ1n) is 12.9. The average Bonchev–Trinajstić information content (AvgIpc) is 3.49. The molecule has 0 radical (unpaired) electrons. The summed E-state index contributed by atoms with van der Waals surface area (Å²) in [5.74, 6) is 0. The Hall–Kier alpha value is -1.20. The van der Waals surface area contributed by atoms with Crippen molar-refractivity contribution in [2.45, 2.75) is 81.5 Å². The topological polar surface area (TPSA) is 0 Å². The van der Waals surface area contributed by atoms with Gasteiger partial charge in [0.05, 0.1) is 0 Å². The zero-order valence-electron chi connectivity index (χ0n) is 18.9. The molecule has 0 nitrogen and oxygen atoms in total. The number of allylic oxidation sites excluding steroid dienone is 4. The molecule has 0 saturated heterocycles. The first kappa shape index (κ1) is 20.4. The zero-order valence-corrected chi connectivity index (χ0v) is 21.3. The minimum absolute atomic E-state index is 0.735. The third-order valence-corrected chi connectivity index (χ3v) is 26.2. The predicted octanol–water partition coefficient (Wildman–Crippen LogP) is 9.26. The fraction of sp³-hybridized carbons (Fsp3) is 0.467. The molecule has 2 aromatic rings. The van der Waals surface area contributed by atoms with Gasteiger partial charge in [-0.3, -0.25) is 0 Å². The molecule has 0 amide bonds. The Labute approximate surface area is 193 Å². The Kier molecular flexibility index (Phi) is 5.68. The molecule has 2 fully saturated rings. The van der Waals surface area contributed by atoms with Gasteiger partial charge in [-0.25, -0.2) is 0 Å². The van der Waals surface area contributed by atoms with Gasteiger partial charge in [-0.15, -0.1) is 0 Å². The van der Waals surface area contributed by atoms with E-state index in [1.165, 1.54) is 70.6 Å². The van der Waals surface area contributed by atoms with E-state index in [0.29, 0.717) is 0 Å². The molecule has 0 heterocycles. The SMILES string of the molecule is C1=CC[C]([Zr]([CH]2CCCCC2)([CH]2CCCCC2)[CH]2c3ccccc3-c3ccccc32)=C1. The fourth-order valence-corrected chi connectivity index (χ4v) is 28.1. The second kappa shape index (κ2) is 8.63. The van der Waals surface area contributed by atoms with E-state index in [-0.39, 0.29) is 0 Å². The van der Waals surface area contributed by atoms with Crippen LogP contribution in [0, 0.1) is 0 Å². The Morgan fingerprint density at radius 1 is 0.613 bits per heavy atom. The van der Waals surface area contributed by atoms with Crippen molar-refractivity contribution in [3.8, 4) is 11.1 Å². The Morgan fingerprint density at radius 2 is 1.13 bits per heavy atom. The summed E-state index contributed by atoms with van der Waals surface area (Å²) in [6, 6.07) is 19.1. The molecule has 4 aliphatic rings. The molecule has 6 rings (SSSR count).